The first-order chi connectivity index (χ1) is 6.16. The number of nitrogen functional groups attached to an aromatic ring is 1. The van der Waals surface area contributed by atoms with Gasteiger partial charge in [0.1, 0.15) is 5.82 Å². The fourth-order valence-corrected chi connectivity index (χ4v) is 1.47. The van der Waals surface area contributed by atoms with Gasteiger partial charge in [-0.25, -0.2) is 4.39 Å². The van der Waals surface area contributed by atoms with Crippen molar-refractivity contribution in [3.63, 3.8) is 0 Å². The van der Waals surface area contributed by atoms with Gasteiger partial charge in [0.2, 0.25) is 5.91 Å². The number of hydrogen-bond acceptors (Lipinski definition) is 2. The van der Waals surface area contributed by atoms with E-state index < -0.39 is 5.82 Å². The molecule has 0 unspecified atom stereocenters. The number of hydrogen-bond donors (Lipinski definition) is 2. The fourth-order valence-electron chi connectivity index (χ4n) is 1.47. The molecule has 1 heterocycles. The van der Waals surface area contributed by atoms with E-state index in [1.165, 1.54) is 6.07 Å². The van der Waals surface area contributed by atoms with Crippen molar-refractivity contribution in [1.29, 1.82) is 0 Å². The monoisotopic (exact) mass is 180 g/mol. The van der Waals surface area contributed by atoms with E-state index in [2.05, 4.69) is 5.32 Å². The Balaban J connectivity index is 2.53. The van der Waals surface area contributed by atoms with E-state index in [1.807, 2.05) is 0 Å². The van der Waals surface area contributed by atoms with Crippen molar-refractivity contribution in [1.82, 2.24) is 0 Å². The Morgan fingerprint density at radius 2 is 2.15 bits per heavy atom. The van der Waals surface area contributed by atoms with Crippen LogP contribution in [0.4, 0.5) is 15.8 Å². The van der Waals surface area contributed by atoms with Gasteiger partial charge in [0.25, 0.3) is 0 Å². The minimum atomic E-state index is -0.456. The largest absolute Gasteiger partial charge is 0.399 e. The highest BCUT2D eigenvalue weighted by Crippen LogP contribution is 2.27. The van der Waals surface area contributed by atoms with Gasteiger partial charge in [-0.1, -0.05) is 0 Å². The predicted molar refractivity (Wildman–Crippen MR) is 47.8 cm³/mol. The number of anilines is 2. The van der Waals surface area contributed by atoms with Crippen LogP contribution in [0.3, 0.4) is 0 Å². The zero-order valence-electron chi connectivity index (χ0n) is 6.93. The summed E-state index contributed by atoms with van der Waals surface area (Å²) in [7, 11) is 0. The first-order valence-corrected chi connectivity index (χ1v) is 4.04. The topological polar surface area (TPSA) is 55.1 Å². The second-order valence-corrected chi connectivity index (χ2v) is 3.09. The second-order valence-electron chi connectivity index (χ2n) is 3.09. The molecule has 0 atom stereocenters. The molecule has 13 heavy (non-hydrogen) atoms. The van der Waals surface area contributed by atoms with Gasteiger partial charge in [0.05, 0.1) is 5.69 Å². The third-order valence-electron chi connectivity index (χ3n) is 2.08. The average molecular weight is 180 g/mol. The number of nitrogens with two attached hydrogens (primary N) is 1. The molecule has 4 heteroatoms. The number of amides is 1. The second kappa shape index (κ2) is 2.73. The van der Waals surface area contributed by atoms with Gasteiger partial charge >= 0.3 is 0 Å². The van der Waals surface area contributed by atoms with Crippen LogP contribution in [-0.2, 0) is 11.2 Å². The molecule has 0 radical (unpaired) electrons. The Hall–Kier alpha value is -1.58. The summed E-state index contributed by atoms with van der Waals surface area (Å²) in [6.07, 6.45) is 0.957. The van der Waals surface area contributed by atoms with Crippen LogP contribution in [0.15, 0.2) is 12.1 Å². The number of halogens is 1. The Bertz CT molecular complexity index is 376. The van der Waals surface area contributed by atoms with Crippen LogP contribution in [0.1, 0.15) is 12.0 Å². The highest BCUT2D eigenvalue weighted by molar-refractivity contribution is 5.94. The van der Waals surface area contributed by atoms with E-state index in [9.17, 15) is 9.18 Å². The SMILES string of the molecule is Nc1cc(F)c2c(c1)CCC(=O)N2. The quantitative estimate of drug-likeness (QED) is 0.591. The highest BCUT2D eigenvalue weighted by Gasteiger charge is 2.18. The highest BCUT2D eigenvalue weighted by atomic mass is 19.1. The average Bonchev–Trinajstić information content (AvgIpc) is 2.06. The molecule has 1 aromatic carbocycles. The number of aryl methyl sites for hydroxylation is 1. The number of benzene rings is 1. The van der Waals surface area contributed by atoms with Gasteiger partial charge < -0.3 is 11.1 Å². The maximum Gasteiger partial charge on any atom is 0.224 e. The van der Waals surface area contributed by atoms with Gasteiger partial charge in [0, 0.05) is 12.1 Å². The van der Waals surface area contributed by atoms with Gasteiger partial charge in [0.15, 0.2) is 0 Å². The minimum Gasteiger partial charge on any atom is -0.399 e. The van der Waals surface area contributed by atoms with Crippen molar-refractivity contribution >= 4 is 17.3 Å². The molecule has 0 aromatic heterocycles. The molecule has 2 rings (SSSR count). The lowest BCUT2D eigenvalue weighted by molar-refractivity contribution is -0.116. The van der Waals surface area contributed by atoms with Gasteiger partial charge in [-0.2, -0.15) is 0 Å². The lowest BCUT2D eigenvalue weighted by Gasteiger charge is -2.17. The Morgan fingerprint density at radius 1 is 1.38 bits per heavy atom. The first kappa shape index (κ1) is 8.04. The summed E-state index contributed by atoms with van der Waals surface area (Å²) in [4.78, 5) is 11.0. The molecule has 68 valence electrons. The molecular weight excluding hydrogens is 171 g/mol. The summed E-state index contributed by atoms with van der Waals surface area (Å²) < 4.78 is 13.2. The molecule has 1 amide bonds. The van der Waals surface area contributed by atoms with Crippen molar-refractivity contribution in [3.05, 3.63) is 23.5 Å². The number of nitrogens with one attached hydrogen (secondary N) is 1. The third-order valence-corrected chi connectivity index (χ3v) is 2.08. The van der Waals surface area contributed by atoms with Gasteiger partial charge in [-0.05, 0) is 24.1 Å². The summed E-state index contributed by atoms with van der Waals surface area (Å²) in [5.41, 5.74) is 6.92. The van der Waals surface area contributed by atoms with E-state index in [1.54, 1.807) is 6.07 Å². The maximum absolute atomic E-state index is 13.2. The summed E-state index contributed by atoms with van der Waals surface area (Å²) in [5.74, 6) is -0.598. The fraction of sp³-hybridized carbons (Fsp3) is 0.222. The molecule has 1 aliphatic heterocycles. The summed E-state index contributed by atoms with van der Waals surface area (Å²) in [5, 5.41) is 2.49. The normalized spacial score (nSPS) is 15.0. The Labute approximate surface area is 74.7 Å². The smallest absolute Gasteiger partial charge is 0.224 e. The zero-order valence-corrected chi connectivity index (χ0v) is 6.93. The van der Waals surface area contributed by atoms with Crippen molar-refractivity contribution in [2.75, 3.05) is 11.1 Å². The number of rotatable bonds is 0. The van der Waals surface area contributed by atoms with Crippen LogP contribution in [-0.4, -0.2) is 5.91 Å². The van der Waals surface area contributed by atoms with Crippen molar-refractivity contribution in [2.24, 2.45) is 0 Å². The van der Waals surface area contributed by atoms with Crippen molar-refractivity contribution < 1.29 is 9.18 Å². The van der Waals surface area contributed by atoms with Crippen LogP contribution in [0.5, 0.6) is 0 Å². The van der Waals surface area contributed by atoms with Crippen molar-refractivity contribution in [2.45, 2.75) is 12.8 Å². The molecule has 3 N–H and O–H groups in total. The third kappa shape index (κ3) is 1.35. The van der Waals surface area contributed by atoms with Gasteiger partial charge in [-0.15, -0.1) is 0 Å². The molecular formula is C9H9FN2O. The summed E-state index contributed by atoms with van der Waals surface area (Å²) in [6, 6.07) is 2.91. The lowest BCUT2D eigenvalue weighted by Crippen LogP contribution is -2.20. The van der Waals surface area contributed by atoms with Crippen LogP contribution in [0, 0.1) is 5.82 Å². The molecule has 0 spiro atoms. The number of fused-ring (bicyclic) bond motifs is 1. The number of carbonyl (C=O) groups is 1. The van der Waals surface area contributed by atoms with E-state index in [4.69, 9.17) is 5.73 Å². The summed E-state index contributed by atoms with van der Waals surface area (Å²) >= 11 is 0. The van der Waals surface area contributed by atoms with Crippen LogP contribution in [0.2, 0.25) is 0 Å². The molecule has 1 aromatic rings. The van der Waals surface area contributed by atoms with Crippen LogP contribution in [0.25, 0.3) is 0 Å². The van der Waals surface area contributed by atoms with Crippen molar-refractivity contribution in [3.8, 4) is 0 Å². The molecule has 0 saturated carbocycles. The zero-order chi connectivity index (χ0) is 9.42. The van der Waals surface area contributed by atoms with E-state index in [0.29, 0.717) is 18.5 Å². The molecule has 3 nitrogen and oxygen atoms in total. The van der Waals surface area contributed by atoms with Crippen LogP contribution >= 0.6 is 0 Å². The van der Waals surface area contributed by atoms with Gasteiger partial charge in [-0.3, -0.25) is 4.79 Å². The molecule has 0 fully saturated rings. The Morgan fingerprint density at radius 3 is 2.92 bits per heavy atom. The van der Waals surface area contributed by atoms with E-state index in [-0.39, 0.29) is 11.6 Å². The minimum absolute atomic E-state index is 0.142. The van der Waals surface area contributed by atoms with E-state index >= 15 is 0 Å². The lowest BCUT2D eigenvalue weighted by atomic mass is 10.0. The molecule has 0 saturated heterocycles. The van der Waals surface area contributed by atoms with Crippen LogP contribution < -0.4 is 11.1 Å². The number of carbonyl (C=O) groups excluding carboxylic acids is 1. The van der Waals surface area contributed by atoms with E-state index in [0.717, 1.165) is 5.56 Å². The molecule has 0 aliphatic carbocycles. The summed E-state index contributed by atoms with van der Waals surface area (Å²) in [6.45, 7) is 0. The molecule has 1 aliphatic rings. The maximum atomic E-state index is 13.2. The molecule has 0 bridgehead atoms. The Kier molecular flexibility index (Phi) is 1.69. The standard InChI is InChI=1S/C9H9FN2O/c10-7-4-6(11)3-5-1-2-8(13)12-9(5)7/h3-4H,1-2,11H2,(H,12,13). The first-order valence-electron chi connectivity index (χ1n) is 4.04. The predicted octanol–water partition coefficient (Wildman–Crippen LogP) is 1.29.